The van der Waals surface area contributed by atoms with Gasteiger partial charge in [0.15, 0.2) is 0 Å². The fourth-order valence-corrected chi connectivity index (χ4v) is 2.79. The quantitative estimate of drug-likeness (QED) is 0.889. The van der Waals surface area contributed by atoms with Gasteiger partial charge in [-0.15, -0.1) is 0 Å². The summed E-state index contributed by atoms with van der Waals surface area (Å²) in [6.45, 7) is 3.05. The van der Waals surface area contributed by atoms with E-state index in [4.69, 9.17) is 0 Å². The summed E-state index contributed by atoms with van der Waals surface area (Å²) < 4.78 is 1.94. The highest BCUT2D eigenvalue weighted by Crippen LogP contribution is 2.15. The van der Waals surface area contributed by atoms with E-state index in [0.717, 1.165) is 44.8 Å². The molecule has 0 aromatic carbocycles. The van der Waals surface area contributed by atoms with Crippen molar-refractivity contribution in [3.05, 3.63) is 36.4 Å². The van der Waals surface area contributed by atoms with Gasteiger partial charge < -0.3 is 10.2 Å². The maximum absolute atomic E-state index is 4.32. The second kappa shape index (κ2) is 6.67. The number of piperidine rings is 1. The van der Waals surface area contributed by atoms with Crippen LogP contribution in [0.25, 0.3) is 0 Å². The predicted molar refractivity (Wildman–Crippen MR) is 82.2 cm³/mol. The third-order valence-electron chi connectivity index (χ3n) is 4.07. The lowest BCUT2D eigenvalue weighted by molar-refractivity contribution is 0.413. The summed E-state index contributed by atoms with van der Waals surface area (Å²) in [6.07, 6.45) is 8.78. The van der Waals surface area contributed by atoms with Crippen molar-refractivity contribution in [3.8, 4) is 0 Å². The van der Waals surface area contributed by atoms with Gasteiger partial charge in [-0.05, 0) is 25.0 Å². The Kier molecular flexibility index (Phi) is 4.45. The van der Waals surface area contributed by atoms with Crippen LogP contribution in [0.1, 0.15) is 18.5 Å². The molecule has 2 aromatic rings. The first kappa shape index (κ1) is 14.0. The number of nitrogens with one attached hydrogen (secondary N) is 1. The van der Waals surface area contributed by atoms with Gasteiger partial charge in [-0.3, -0.25) is 4.68 Å². The van der Waals surface area contributed by atoms with Gasteiger partial charge in [0.25, 0.3) is 0 Å². The molecule has 0 saturated carbocycles. The van der Waals surface area contributed by atoms with Crippen molar-refractivity contribution >= 4 is 5.95 Å². The molecule has 21 heavy (non-hydrogen) atoms. The molecule has 2 aromatic heterocycles. The summed E-state index contributed by atoms with van der Waals surface area (Å²) in [4.78, 5) is 10.9. The Bertz CT molecular complexity index is 544. The smallest absolute Gasteiger partial charge is 0.225 e. The Labute approximate surface area is 125 Å². The van der Waals surface area contributed by atoms with Crippen LogP contribution in [0, 0.1) is 0 Å². The summed E-state index contributed by atoms with van der Waals surface area (Å²) in [5, 5.41) is 7.84. The van der Waals surface area contributed by atoms with Crippen LogP contribution >= 0.6 is 0 Å². The zero-order chi connectivity index (χ0) is 14.5. The van der Waals surface area contributed by atoms with Gasteiger partial charge in [-0.2, -0.15) is 5.10 Å². The van der Waals surface area contributed by atoms with Crippen LogP contribution in [0.5, 0.6) is 0 Å². The number of hydrogen-bond donors (Lipinski definition) is 1. The molecular formula is C15H22N6. The fraction of sp³-hybridized carbons (Fsp3) is 0.533. The summed E-state index contributed by atoms with van der Waals surface area (Å²) >= 11 is 0. The molecule has 3 heterocycles. The maximum Gasteiger partial charge on any atom is 0.225 e. The first-order valence-electron chi connectivity index (χ1n) is 7.55. The Morgan fingerprint density at radius 1 is 1.19 bits per heavy atom. The van der Waals surface area contributed by atoms with E-state index in [0.29, 0.717) is 6.04 Å². The van der Waals surface area contributed by atoms with Crippen molar-refractivity contribution in [2.75, 3.05) is 24.5 Å². The zero-order valence-corrected chi connectivity index (χ0v) is 12.4. The first-order chi connectivity index (χ1) is 10.3. The molecule has 1 N–H and O–H groups in total. The van der Waals surface area contributed by atoms with E-state index in [1.165, 1.54) is 5.69 Å². The molecule has 1 aliphatic heterocycles. The largest absolute Gasteiger partial charge is 0.341 e. The second-order valence-corrected chi connectivity index (χ2v) is 5.46. The van der Waals surface area contributed by atoms with Crippen LogP contribution in [0.15, 0.2) is 30.7 Å². The van der Waals surface area contributed by atoms with Crippen LogP contribution in [0.2, 0.25) is 0 Å². The molecule has 0 spiro atoms. The molecular weight excluding hydrogens is 264 g/mol. The predicted octanol–water partition coefficient (Wildman–Crippen LogP) is 1.01. The van der Waals surface area contributed by atoms with Crippen molar-refractivity contribution < 1.29 is 0 Å². The molecule has 6 heteroatoms. The van der Waals surface area contributed by atoms with Crippen LogP contribution in [0.3, 0.4) is 0 Å². The van der Waals surface area contributed by atoms with Crippen molar-refractivity contribution in [1.29, 1.82) is 0 Å². The maximum atomic E-state index is 4.32. The third kappa shape index (κ3) is 3.58. The Morgan fingerprint density at radius 3 is 2.62 bits per heavy atom. The average molecular weight is 286 g/mol. The number of anilines is 1. The Balaban J connectivity index is 1.41. The van der Waals surface area contributed by atoms with E-state index >= 15 is 0 Å². The SMILES string of the molecule is Cn1nccc1CCNC1CCN(c2ncccn2)CC1. The highest BCUT2D eigenvalue weighted by molar-refractivity contribution is 5.29. The van der Waals surface area contributed by atoms with E-state index in [1.807, 2.05) is 24.0 Å². The normalized spacial score (nSPS) is 16.3. The Hall–Kier alpha value is -1.95. The minimum absolute atomic E-state index is 0.596. The molecule has 3 rings (SSSR count). The number of nitrogens with zero attached hydrogens (tertiary/aromatic N) is 5. The molecule has 0 atom stereocenters. The number of hydrogen-bond acceptors (Lipinski definition) is 5. The van der Waals surface area contributed by atoms with E-state index in [9.17, 15) is 0 Å². The molecule has 0 bridgehead atoms. The van der Waals surface area contributed by atoms with E-state index in [-0.39, 0.29) is 0 Å². The monoisotopic (exact) mass is 286 g/mol. The van der Waals surface area contributed by atoms with Crippen LogP contribution in [-0.2, 0) is 13.5 Å². The minimum atomic E-state index is 0.596. The van der Waals surface area contributed by atoms with Crippen LogP contribution in [-0.4, -0.2) is 45.4 Å². The highest BCUT2D eigenvalue weighted by atomic mass is 15.3. The molecule has 0 aliphatic carbocycles. The highest BCUT2D eigenvalue weighted by Gasteiger charge is 2.20. The molecule has 1 fully saturated rings. The average Bonchev–Trinajstić information content (AvgIpc) is 2.94. The molecule has 0 radical (unpaired) electrons. The van der Waals surface area contributed by atoms with Crippen molar-refractivity contribution in [2.45, 2.75) is 25.3 Å². The molecule has 1 saturated heterocycles. The number of aryl methyl sites for hydroxylation is 1. The van der Waals surface area contributed by atoms with Gasteiger partial charge >= 0.3 is 0 Å². The lowest BCUT2D eigenvalue weighted by atomic mass is 10.1. The molecule has 1 aliphatic rings. The van der Waals surface area contributed by atoms with Gasteiger partial charge in [-0.25, -0.2) is 9.97 Å². The van der Waals surface area contributed by atoms with Gasteiger partial charge in [-0.1, -0.05) is 0 Å². The topological polar surface area (TPSA) is 58.9 Å². The molecule has 0 amide bonds. The molecule has 112 valence electrons. The van der Waals surface area contributed by atoms with Crippen molar-refractivity contribution in [1.82, 2.24) is 25.1 Å². The van der Waals surface area contributed by atoms with Crippen molar-refractivity contribution in [2.24, 2.45) is 7.05 Å². The van der Waals surface area contributed by atoms with Gasteiger partial charge in [0, 0.05) is 63.4 Å². The van der Waals surface area contributed by atoms with E-state index in [2.05, 4.69) is 31.3 Å². The van der Waals surface area contributed by atoms with Gasteiger partial charge in [0.2, 0.25) is 5.95 Å². The first-order valence-corrected chi connectivity index (χ1v) is 7.55. The van der Waals surface area contributed by atoms with Crippen LogP contribution < -0.4 is 10.2 Å². The van der Waals surface area contributed by atoms with Gasteiger partial charge in [0.05, 0.1) is 0 Å². The standard InChI is InChI=1S/C15H22N6/c1-20-14(4-10-19-20)3-9-16-13-5-11-21(12-6-13)15-17-7-2-8-18-15/h2,4,7-8,10,13,16H,3,5-6,9,11-12H2,1H3. The van der Waals surface area contributed by atoms with E-state index in [1.54, 1.807) is 12.4 Å². The molecule has 0 unspecified atom stereocenters. The van der Waals surface area contributed by atoms with Gasteiger partial charge in [0.1, 0.15) is 0 Å². The summed E-state index contributed by atoms with van der Waals surface area (Å²) in [6, 6.07) is 4.53. The lowest BCUT2D eigenvalue weighted by Crippen LogP contribution is -2.43. The number of rotatable bonds is 5. The zero-order valence-electron chi connectivity index (χ0n) is 12.4. The summed E-state index contributed by atoms with van der Waals surface area (Å²) in [7, 11) is 1.99. The van der Waals surface area contributed by atoms with Crippen molar-refractivity contribution in [3.63, 3.8) is 0 Å². The number of aromatic nitrogens is 4. The minimum Gasteiger partial charge on any atom is -0.341 e. The summed E-state index contributed by atoms with van der Waals surface area (Å²) in [5.41, 5.74) is 1.28. The Morgan fingerprint density at radius 2 is 1.95 bits per heavy atom. The fourth-order valence-electron chi connectivity index (χ4n) is 2.79. The second-order valence-electron chi connectivity index (χ2n) is 5.46. The summed E-state index contributed by atoms with van der Waals surface area (Å²) in [5.74, 6) is 0.853. The lowest BCUT2D eigenvalue weighted by Gasteiger charge is -2.32. The van der Waals surface area contributed by atoms with Crippen LogP contribution in [0.4, 0.5) is 5.95 Å². The third-order valence-corrected chi connectivity index (χ3v) is 4.07. The molecule has 6 nitrogen and oxygen atoms in total. The van der Waals surface area contributed by atoms with E-state index < -0.39 is 0 Å².